The summed E-state index contributed by atoms with van der Waals surface area (Å²) in [6.45, 7) is 11.1. The van der Waals surface area contributed by atoms with Gasteiger partial charge in [0.15, 0.2) is 0 Å². The van der Waals surface area contributed by atoms with Gasteiger partial charge in [0.2, 0.25) is 0 Å². The lowest BCUT2D eigenvalue weighted by Gasteiger charge is -2.31. The summed E-state index contributed by atoms with van der Waals surface area (Å²) in [5.74, 6) is 0. The van der Waals surface area contributed by atoms with E-state index in [0.717, 1.165) is 16.9 Å². The summed E-state index contributed by atoms with van der Waals surface area (Å²) in [5.41, 5.74) is 19.6. The van der Waals surface area contributed by atoms with Crippen LogP contribution in [0.3, 0.4) is 0 Å². The minimum Gasteiger partial charge on any atom is -0.399 e. The number of rotatable bonds is 4. The summed E-state index contributed by atoms with van der Waals surface area (Å²) in [4.78, 5) is 0. The molecule has 3 rings (SSSR count). The van der Waals surface area contributed by atoms with Crippen molar-refractivity contribution >= 4 is 11.4 Å². The number of benzene rings is 3. The van der Waals surface area contributed by atoms with Crippen molar-refractivity contribution in [2.75, 3.05) is 11.5 Å². The smallest absolute Gasteiger partial charge is 0.0343 e. The molecule has 0 aliphatic heterocycles. The molecule has 3 aromatic carbocycles. The Morgan fingerprint density at radius 1 is 0.593 bits per heavy atom. The fourth-order valence-electron chi connectivity index (χ4n) is 3.59. The van der Waals surface area contributed by atoms with Crippen LogP contribution in [0.1, 0.15) is 55.5 Å². The van der Waals surface area contributed by atoms with Gasteiger partial charge in [-0.1, -0.05) is 76.2 Å². The standard InChI is InChI=1S/C25H30N2/c1-17-15-21(11-14-23(17)27)25(4,5)20-8-6-7-19(16-20)24(2,3)18-9-12-22(26)13-10-18/h6-16H,26-27H2,1-5H3. The Kier molecular flexibility index (Phi) is 4.77. The van der Waals surface area contributed by atoms with Crippen molar-refractivity contribution in [2.24, 2.45) is 0 Å². The van der Waals surface area contributed by atoms with E-state index in [1.165, 1.54) is 22.3 Å². The van der Waals surface area contributed by atoms with Crippen LogP contribution in [0.25, 0.3) is 0 Å². The molecule has 0 fully saturated rings. The molecule has 140 valence electrons. The van der Waals surface area contributed by atoms with E-state index >= 15 is 0 Å². The van der Waals surface area contributed by atoms with Gasteiger partial charge in [0.25, 0.3) is 0 Å². The summed E-state index contributed by atoms with van der Waals surface area (Å²) in [6, 6.07) is 23.5. The van der Waals surface area contributed by atoms with Gasteiger partial charge >= 0.3 is 0 Å². The van der Waals surface area contributed by atoms with Gasteiger partial charge in [0, 0.05) is 22.2 Å². The van der Waals surface area contributed by atoms with E-state index in [-0.39, 0.29) is 10.8 Å². The molecule has 0 spiro atoms. The Bertz CT molecular complexity index is 950. The summed E-state index contributed by atoms with van der Waals surface area (Å²) in [6.07, 6.45) is 0. The first-order chi connectivity index (χ1) is 12.6. The van der Waals surface area contributed by atoms with Crippen molar-refractivity contribution in [3.63, 3.8) is 0 Å². The SMILES string of the molecule is Cc1cc(C(C)(C)c2cccc(C(C)(C)c3ccc(N)cc3)c2)ccc1N. The molecule has 0 saturated heterocycles. The van der Waals surface area contributed by atoms with Gasteiger partial charge in [-0.15, -0.1) is 0 Å². The predicted molar refractivity (Wildman–Crippen MR) is 117 cm³/mol. The molecule has 2 heteroatoms. The lowest BCUT2D eigenvalue weighted by atomic mass is 9.73. The molecule has 0 aromatic heterocycles. The maximum Gasteiger partial charge on any atom is 0.0343 e. The van der Waals surface area contributed by atoms with Gasteiger partial charge < -0.3 is 11.5 Å². The van der Waals surface area contributed by atoms with Gasteiger partial charge in [-0.05, 0) is 52.9 Å². The summed E-state index contributed by atoms with van der Waals surface area (Å²) in [7, 11) is 0. The lowest BCUT2D eigenvalue weighted by molar-refractivity contribution is 0.617. The van der Waals surface area contributed by atoms with Crippen LogP contribution in [-0.4, -0.2) is 0 Å². The third-order valence-corrected chi connectivity index (χ3v) is 5.93. The van der Waals surface area contributed by atoms with Crippen LogP contribution in [0.2, 0.25) is 0 Å². The Labute approximate surface area is 163 Å². The molecule has 0 radical (unpaired) electrons. The van der Waals surface area contributed by atoms with Gasteiger partial charge in [-0.2, -0.15) is 0 Å². The molecule has 2 nitrogen and oxygen atoms in total. The second-order valence-corrected chi connectivity index (χ2v) is 8.52. The summed E-state index contributed by atoms with van der Waals surface area (Å²) < 4.78 is 0. The maximum absolute atomic E-state index is 6.02. The monoisotopic (exact) mass is 358 g/mol. The minimum atomic E-state index is -0.105. The third-order valence-electron chi connectivity index (χ3n) is 5.93. The first kappa shape index (κ1) is 19.0. The van der Waals surface area contributed by atoms with E-state index in [2.05, 4.69) is 83.1 Å². The minimum absolute atomic E-state index is 0.100. The second kappa shape index (κ2) is 6.77. The molecule has 0 atom stereocenters. The van der Waals surface area contributed by atoms with Crippen molar-refractivity contribution < 1.29 is 0 Å². The third kappa shape index (κ3) is 3.57. The van der Waals surface area contributed by atoms with Gasteiger partial charge in [0.05, 0.1) is 0 Å². The number of aryl methyl sites for hydroxylation is 1. The van der Waals surface area contributed by atoms with Crippen LogP contribution >= 0.6 is 0 Å². The highest BCUT2D eigenvalue weighted by Gasteiger charge is 2.28. The van der Waals surface area contributed by atoms with Crippen molar-refractivity contribution in [3.05, 3.63) is 94.5 Å². The average Bonchev–Trinajstić information content (AvgIpc) is 2.64. The van der Waals surface area contributed by atoms with Gasteiger partial charge in [0.1, 0.15) is 0 Å². The first-order valence-corrected chi connectivity index (χ1v) is 9.46. The fraction of sp³-hybridized carbons (Fsp3) is 0.280. The van der Waals surface area contributed by atoms with Crippen LogP contribution in [0.4, 0.5) is 11.4 Å². The molecule has 27 heavy (non-hydrogen) atoms. The molecule has 4 N–H and O–H groups in total. The first-order valence-electron chi connectivity index (χ1n) is 9.46. The number of nitrogens with two attached hydrogens (primary N) is 2. The highest BCUT2D eigenvalue weighted by molar-refractivity contribution is 5.52. The largest absolute Gasteiger partial charge is 0.399 e. The second-order valence-electron chi connectivity index (χ2n) is 8.52. The summed E-state index contributed by atoms with van der Waals surface area (Å²) >= 11 is 0. The molecule has 0 amide bonds. The van der Waals surface area contributed by atoms with Crippen molar-refractivity contribution in [3.8, 4) is 0 Å². The topological polar surface area (TPSA) is 52.0 Å². The van der Waals surface area contributed by atoms with E-state index in [4.69, 9.17) is 11.5 Å². The zero-order valence-electron chi connectivity index (χ0n) is 17.0. The molecule has 0 bridgehead atoms. The Hall–Kier alpha value is -2.74. The highest BCUT2D eigenvalue weighted by Crippen LogP contribution is 2.37. The van der Waals surface area contributed by atoms with Gasteiger partial charge in [-0.3, -0.25) is 0 Å². The average molecular weight is 359 g/mol. The molecule has 0 aliphatic rings. The molecular weight excluding hydrogens is 328 g/mol. The zero-order valence-corrected chi connectivity index (χ0v) is 17.0. The molecule has 0 aliphatic carbocycles. The zero-order chi connectivity index (χ0) is 19.8. The van der Waals surface area contributed by atoms with Crippen LogP contribution < -0.4 is 11.5 Å². The molecule has 0 saturated carbocycles. The van der Waals surface area contributed by atoms with E-state index < -0.39 is 0 Å². The normalized spacial score (nSPS) is 12.2. The van der Waals surface area contributed by atoms with E-state index in [9.17, 15) is 0 Å². The van der Waals surface area contributed by atoms with Crippen LogP contribution in [0, 0.1) is 6.92 Å². The molecular formula is C25H30N2. The Balaban J connectivity index is 2.04. The number of hydrogen-bond acceptors (Lipinski definition) is 2. The van der Waals surface area contributed by atoms with E-state index in [1.807, 2.05) is 18.2 Å². The molecule has 0 unspecified atom stereocenters. The van der Waals surface area contributed by atoms with E-state index in [1.54, 1.807) is 0 Å². The number of hydrogen-bond donors (Lipinski definition) is 2. The van der Waals surface area contributed by atoms with Gasteiger partial charge in [-0.25, -0.2) is 0 Å². The molecule has 3 aromatic rings. The fourth-order valence-corrected chi connectivity index (χ4v) is 3.59. The highest BCUT2D eigenvalue weighted by atomic mass is 14.6. The van der Waals surface area contributed by atoms with Crippen molar-refractivity contribution in [1.29, 1.82) is 0 Å². The van der Waals surface area contributed by atoms with Crippen molar-refractivity contribution in [1.82, 2.24) is 0 Å². The van der Waals surface area contributed by atoms with Crippen LogP contribution in [0.15, 0.2) is 66.7 Å². The number of anilines is 2. The Morgan fingerprint density at radius 2 is 1.07 bits per heavy atom. The molecule has 0 heterocycles. The number of nitrogen functional groups attached to an aromatic ring is 2. The lowest BCUT2D eigenvalue weighted by Crippen LogP contribution is -2.23. The van der Waals surface area contributed by atoms with Crippen molar-refractivity contribution in [2.45, 2.75) is 45.4 Å². The Morgan fingerprint density at radius 3 is 1.63 bits per heavy atom. The van der Waals surface area contributed by atoms with Crippen LogP contribution in [0.5, 0.6) is 0 Å². The predicted octanol–water partition coefficient (Wildman–Crippen LogP) is 5.81. The summed E-state index contributed by atoms with van der Waals surface area (Å²) in [5, 5.41) is 0. The van der Waals surface area contributed by atoms with E-state index in [0.29, 0.717) is 0 Å². The quantitative estimate of drug-likeness (QED) is 0.578. The maximum atomic E-state index is 6.02. The van der Waals surface area contributed by atoms with Crippen LogP contribution in [-0.2, 0) is 10.8 Å².